The number of hydrogen-bond donors (Lipinski definition) is 0. The fourth-order valence-electron chi connectivity index (χ4n) is 4.55. The predicted octanol–water partition coefficient (Wildman–Crippen LogP) is 5.37. The van der Waals surface area contributed by atoms with E-state index in [-0.39, 0.29) is 18.6 Å². The first kappa shape index (κ1) is 22.6. The number of para-hydroxylation sites is 1. The zero-order chi connectivity index (χ0) is 22.6. The maximum atomic E-state index is 13.3. The van der Waals surface area contributed by atoms with Gasteiger partial charge in [-0.25, -0.2) is 0 Å². The standard InChI is InChI=1S/C25H29F3N2O2/c26-25(27,28)22-10-4-2-8-19(22)18-29-16-12-20(13-17-29)32-23-11-5-3-9-21(23)24(31)30-14-6-1-7-15-30/h2-5,8-11,20H,1,6-7,12-18H2. The van der Waals surface area contributed by atoms with Gasteiger partial charge in [-0.05, 0) is 55.9 Å². The Hall–Kier alpha value is -2.54. The molecule has 2 aromatic carbocycles. The minimum absolute atomic E-state index is 0.0153. The molecule has 0 aromatic heterocycles. The number of alkyl halides is 3. The molecule has 2 aromatic rings. The van der Waals surface area contributed by atoms with Gasteiger partial charge in [0.1, 0.15) is 11.9 Å². The lowest BCUT2D eigenvalue weighted by Crippen LogP contribution is -2.39. The van der Waals surface area contributed by atoms with Gasteiger partial charge in [0.2, 0.25) is 0 Å². The lowest BCUT2D eigenvalue weighted by Gasteiger charge is -2.33. The molecule has 0 aliphatic carbocycles. The Morgan fingerprint density at radius 1 is 0.906 bits per heavy atom. The number of ether oxygens (including phenoxy) is 1. The van der Waals surface area contributed by atoms with Gasteiger partial charge in [0.25, 0.3) is 5.91 Å². The summed E-state index contributed by atoms with van der Waals surface area (Å²) in [6.07, 6.45) is 0.242. The molecule has 4 nitrogen and oxygen atoms in total. The molecule has 0 unspecified atom stereocenters. The minimum atomic E-state index is -4.34. The molecule has 2 saturated heterocycles. The van der Waals surface area contributed by atoms with Crippen molar-refractivity contribution in [2.45, 2.75) is 50.9 Å². The van der Waals surface area contributed by atoms with Crippen LogP contribution in [0.3, 0.4) is 0 Å². The topological polar surface area (TPSA) is 32.8 Å². The fraction of sp³-hybridized carbons (Fsp3) is 0.480. The molecular weight excluding hydrogens is 417 g/mol. The van der Waals surface area contributed by atoms with Crippen LogP contribution < -0.4 is 4.74 Å². The summed E-state index contributed by atoms with van der Waals surface area (Å²) >= 11 is 0. The fourth-order valence-corrected chi connectivity index (χ4v) is 4.55. The Morgan fingerprint density at radius 2 is 1.56 bits per heavy atom. The van der Waals surface area contributed by atoms with Crippen LogP contribution in [0.5, 0.6) is 5.75 Å². The Balaban J connectivity index is 1.36. The summed E-state index contributed by atoms with van der Waals surface area (Å²) in [6, 6.07) is 13.1. The summed E-state index contributed by atoms with van der Waals surface area (Å²) in [7, 11) is 0. The normalized spacial score (nSPS) is 18.5. The van der Waals surface area contributed by atoms with E-state index in [2.05, 4.69) is 0 Å². The number of hydrogen-bond acceptors (Lipinski definition) is 3. The molecule has 0 spiro atoms. The average molecular weight is 447 g/mol. The number of amides is 1. The summed E-state index contributed by atoms with van der Waals surface area (Å²) in [5.41, 5.74) is 0.330. The molecule has 172 valence electrons. The van der Waals surface area contributed by atoms with Crippen LogP contribution in [0.2, 0.25) is 0 Å². The van der Waals surface area contributed by atoms with Crippen LogP contribution in [0.15, 0.2) is 48.5 Å². The van der Waals surface area contributed by atoms with E-state index in [1.807, 2.05) is 34.1 Å². The number of likely N-dealkylation sites (tertiary alicyclic amines) is 2. The van der Waals surface area contributed by atoms with E-state index in [1.54, 1.807) is 12.1 Å². The van der Waals surface area contributed by atoms with E-state index < -0.39 is 11.7 Å². The smallest absolute Gasteiger partial charge is 0.416 e. The van der Waals surface area contributed by atoms with Crippen molar-refractivity contribution in [3.8, 4) is 5.75 Å². The number of carbonyl (C=O) groups is 1. The molecular formula is C25H29F3N2O2. The number of benzene rings is 2. The lowest BCUT2D eigenvalue weighted by molar-refractivity contribution is -0.138. The minimum Gasteiger partial charge on any atom is -0.489 e. The van der Waals surface area contributed by atoms with Gasteiger partial charge in [-0.2, -0.15) is 13.2 Å². The SMILES string of the molecule is O=C(c1ccccc1OC1CCN(Cc2ccccc2C(F)(F)F)CC1)N1CCCCC1. The van der Waals surface area contributed by atoms with Crippen LogP contribution in [0, 0.1) is 0 Å². The van der Waals surface area contributed by atoms with Crippen molar-refractivity contribution in [3.63, 3.8) is 0 Å². The highest BCUT2D eigenvalue weighted by Gasteiger charge is 2.33. The third-order valence-electron chi connectivity index (χ3n) is 6.31. The van der Waals surface area contributed by atoms with Gasteiger partial charge >= 0.3 is 6.18 Å². The van der Waals surface area contributed by atoms with E-state index in [9.17, 15) is 18.0 Å². The van der Waals surface area contributed by atoms with Crippen LogP contribution >= 0.6 is 0 Å². The zero-order valence-electron chi connectivity index (χ0n) is 18.1. The average Bonchev–Trinajstić information content (AvgIpc) is 2.80. The van der Waals surface area contributed by atoms with Crippen molar-refractivity contribution in [1.29, 1.82) is 0 Å². The molecule has 0 saturated carbocycles. The third kappa shape index (κ3) is 5.44. The Morgan fingerprint density at radius 3 is 2.28 bits per heavy atom. The number of carbonyl (C=O) groups excluding carboxylic acids is 1. The van der Waals surface area contributed by atoms with E-state index in [0.717, 1.165) is 38.4 Å². The quantitative estimate of drug-likeness (QED) is 0.619. The van der Waals surface area contributed by atoms with Gasteiger partial charge in [-0.1, -0.05) is 30.3 Å². The van der Waals surface area contributed by atoms with Crippen molar-refractivity contribution >= 4 is 5.91 Å². The highest BCUT2D eigenvalue weighted by molar-refractivity contribution is 5.97. The van der Waals surface area contributed by atoms with Crippen LogP contribution in [-0.4, -0.2) is 48.0 Å². The molecule has 2 aliphatic heterocycles. The van der Waals surface area contributed by atoms with Gasteiger partial charge < -0.3 is 9.64 Å². The van der Waals surface area contributed by atoms with Crippen LogP contribution in [0.4, 0.5) is 13.2 Å². The molecule has 32 heavy (non-hydrogen) atoms. The molecule has 0 atom stereocenters. The maximum absolute atomic E-state index is 13.3. The zero-order valence-corrected chi connectivity index (χ0v) is 18.1. The summed E-state index contributed by atoms with van der Waals surface area (Å²) in [5, 5.41) is 0. The molecule has 1 amide bonds. The Kier molecular flexibility index (Phi) is 7.04. The highest BCUT2D eigenvalue weighted by Crippen LogP contribution is 2.33. The number of piperidine rings is 2. The molecule has 4 rings (SSSR count). The van der Waals surface area contributed by atoms with Gasteiger partial charge in [0.05, 0.1) is 11.1 Å². The second-order valence-electron chi connectivity index (χ2n) is 8.60. The largest absolute Gasteiger partial charge is 0.489 e. The highest BCUT2D eigenvalue weighted by atomic mass is 19.4. The maximum Gasteiger partial charge on any atom is 0.416 e. The van der Waals surface area contributed by atoms with Gasteiger partial charge in [0, 0.05) is 32.7 Å². The predicted molar refractivity (Wildman–Crippen MR) is 117 cm³/mol. The van der Waals surface area contributed by atoms with E-state index >= 15 is 0 Å². The first-order chi connectivity index (χ1) is 15.4. The van der Waals surface area contributed by atoms with E-state index in [4.69, 9.17) is 4.74 Å². The number of nitrogens with zero attached hydrogens (tertiary/aromatic N) is 2. The Labute approximate surface area is 187 Å². The second kappa shape index (κ2) is 9.94. The molecule has 2 fully saturated rings. The second-order valence-corrected chi connectivity index (χ2v) is 8.60. The van der Waals surface area contributed by atoms with Gasteiger partial charge in [-0.3, -0.25) is 9.69 Å². The molecule has 2 aliphatic rings. The van der Waals surface area contributed by atoms with Crippen molar-refractivity contribution in [2.24, 2.45) is 0 Å². The first-order valence-corrected chi connectivity index (χ1v) is 11.3. The van der Waals surface area contributed by atoms with Crippen molar-refractivity contribution in [1.82, 2.24) is 9.80 Å². The van der Waals surface area contributed by atoms with E-state index in [1.165, 1.54) is 6.07 Å². The number of rotatable bonds is 5. The lowest BCUT2D eigenvalue weighted by atomic mass is 10.0. The summed E-state index contributed by atoms with van der Waals surface area (Å²) in [6.45, 7) is 3.14. The van der Waals surface area contributed by atoms with Crippen molar-refractivity contribution < 1.29 is 22.7 Å². The van der Waals surface area contributed by atoms with Crippen LogP contribution in [0.25, 0.3) is 0 Å². The molecule has 0 radical (unpaired) electrons. The summed E-state index contributed by atoms with van der Waals surface area (Å²) in [5.74, 6) is 0.616. The Bertz CT molecular complexity index is 917. The van der Waals surface area contributed by atoms with E-state index in [0.29, 0.717) is 42.8 Å². The third-order valence-corrected chi connectivity index (χ3v) is 6.31. The molecule has 0 bridgehead atoms. The monoisotopic (exact) mass is 446 g/mol. The summed E-state index contributed by atoms with van der Waals surface area (Å²) < 4.78 is 46.0. The van der Waals surface area contributed by atoms with Crippen LogP contribution in [-0.2, 0) is 12.7 Å². The van der Waals surface area contributed by atoms with Crippen molar-refractivity contribution in [3.05, 3.63) is 65.2 Å². The van der Waals surface area contributed by atoms with Crippen molar-refractivity contribution in [2.75, 3.05) is 26.2 Å². The first-order valence-electron chi connectivity index (χ1n) is 11.3. The van der Waals surface area contributed by atoms with Crippen LogP contribution in [0.1, 0.15) is 53.6 Å². The molecule has 0 N–H and O–H groups in total. The van der Waals surface area contributed by atoms with Gasteiger partial charge in [-0.15, -0.1) is 0 Å². The van der Waals surface area contributed by atoms with Gasteiger partial charge in [0.15, 0.2) is 0 Å². The molecule has 2 heterocycles. The summed E-state index contributed by atoms with van der Waals surface area (Å²) in [4.78, 5) is 16.9. The number of halogens is 3. The molecule has 7 heteroatoms.